The van der Waals surface area contributed by atoms with E-state index in [-0.39, 0.29) is 5.57 Å². The Morgan fingerprint density at radius 1 is 1.12 bits per heavy atom. The highest BCUT2D eigenvalue weighted by Gasteiger charge is 2.14. The molecule has 4 heteroatoms. The molecule has 0 aliphatic rings. The molecule has 0 saturated heterocycles. The molecule has 0 bridgehead atoms. The number of carbonyl (C=O) groups is 1. The van der Waals surface area contributed by atoms with Crippen LogP contribution in [-0.2, 0) is 16.0 Å². The Labute approximate surface area is 151 Å². The molecule has 0 spiro atoms. The average molecular weight is 348 g/mol. The first-order valence-corrected chi connectivity index (χ1v) is 9.32. The molecule has 0 fully saturated rings. The van der Waals surface area contributed by atoms with E-state index in [1.54, 1.807) is 6.92 Å². The normalized spacial score (nSPS) is 11.8. The van der Waals surface area contributed by atoms with E-state index in [9.17, 15) is 4.79 Å². The number of ether oxygens (including phenoxy) is 2. The second kappa shape index (κ2) is 12.5. The van der Waals surface area contributed by atoms with E-state index in [1.807, 2.05) is 24.3 Å². The van der Waals surface area contributed by atoms with Crippen LogP contribution in [0.3, 0.4) is 0 Å². The number of hydrogen-bond acceptors (Lipinski definition) is 4. The van der Waals surface area contributed by atoms with Gasteiger partial charge in [-0.25, -0.2) is 4.79 Å². The first-order valence-electron chi connectivity index (χ1n) is 9.32. The molecule has 0 amide bonds. The second-order valence-corrected chi connectivity index (χ2v) is 6.33. The van der Waals surface area contributed by atoms with Crippen molar-refractivity contribution < 1.29 is 19.4 Å². The van der Waals surface area contributed by atoms with Crippen LogP contribution < -0.4 is 4.74 Å². The zero-order valence-electron chi connectivity index (χ0n) is 15.6. The summed E-state index contributed by atoms with van der Waals surface area (Å²) in [6.07, 6.45) is 9.10. The van der Waals surface area contributed by atoms with Crippen molar-refractivity contribution in [3.8, 4) is 5.75 Å². The Balaban J connectivity index is 2.42. The zero-order chi connectivity index (χ0) is 18.5. The smallest absolute Gasteiger partial charge is 0.338 e. The van der Waals surface area contributed by atoms with Gasteiger partial charge in [0.1, 0.15) is 5.75 Å². The van der Waals surface area contributed by atoms with Gasteiger partial charge in [0.15, 0.2) is 0 Å². The van der Waals surface area contributed by atoms with Crippen LogP contribution in [0.25, 0.3) is 0 Å². The molecule has 0 saturated carbocycles. The average Bonchev–Trinajstić information content (AvgIpc) is 2.61. The van der Waals surface area contributed by atoms with Gasteiger partial charge in [0.25, 0.3) is 0 Å². The van der Waals surface area contributed by atoms with Gasteiger partial charge in [0, 0.05) is 6.92 Å². The zero-order valence-corrected chi connectivity index (χ0v) is 15.6. The summed E-state index contributed by atoms with van der Waals surface area (Å²) < 4.78 is 10.9. The molecule has 1 unspecified atom stereocenters. The number of hydrogen-bond donors (Lipinski definition) is 1. The first-order chi connectivity index (χ1) is 12.1. The second-order valence-electron chi connectivity index (χ2n) is 6.33. The molecule has 0 heterocycles. The summed E-state index contributed by atoms with van der Waals surface area (Å²) in [6, 6.07) is 7.84. The molecule has 0 radical (unpaired) electrons. The summed E-state index contributed by atoms with van der Waals surface area (Å²) in [5.74, 6) is 0.1000. The maximum Gasteiger partial charge on any atom is 0.338 e. The maximum absolute atomic E-state index is 11.6. The maximum atomic E-state index is 11.6. The van der Waals surface area contributed by atoms with Crippen LogP contribution in [-0.4, -0.2) is 24.0 Å². The van der Waals surface area contributed by atoms with Gasteiger partial charge in [-0.15, -0.1) is 0 Å². The summed E-state index contributed by atoms with van der Waals surface area (Å²) >= 11 is 0. The van der Waals surface area contributed by atoms with Crippen molar-refractivity contribution in [1.82, 2.24) is 0 Å². The van der Waals surface area contributed by atoms with Crippen molar-refractivity contribution >= 4 is 5.97 Å². The standard InChI is InChI=1S/C21H32O4/c1-4-5-6-7-8-9-10-13-19-14-11-12-15-20(19)24-18(3)25-21(23)17(2)16-22/h11-12,14-15,18,22H,2,4-10,13,16H2,1,3H3. The van der Waals surface area contributed by atoms with Gasteiger partial charge in [0.2, 0.25) is 6.29 Å². The lowest BCUT2D eigenvalue weighted by Gasteiger charge is -2.18. The third kappa shape index (κ3) is 8.73. The topological polar surface area (TPSA) is 55.8 Å². The number of unbranched alkanes of at least 4 members (excludes halogenated alkanes) is 6. The third-order valence-electron chi connectivity index (χ3n) is 4.07. The number of aryl methyl sites for hydroxylation is 1. The number of aliphatic hydroxyl groups excluding tert-OH is 1. The van der Waals surface area contributed by atoms with Crippen molar-refractivity contribution in [2.24, 2.45) is 0 Å². The Morgan fingerprint density at radius 2 is 1.76 bits per heavy atom. The fourth-order valence-corrected chi connectivity index (χ4v) is 2.60. The molecule has 1 atom stereocenters. The van der Waals surface area contributed by atoms with E-state index in [0.29, 0.717) is 0 Å². The molecule has 1 rings (SSSR count). The molecule has 140 valence electrons. The summed E-state index contributed by atoms with van der Waals surface area (Å²) in [5, 5.41) is 8.90. The minimum atomic E-state index is -0.731. The van der Waals surface area contributed by atoms with E-state index in [1.165, 1.54) is 38.5 Å². The minimum Gasteiger partial charge on any atom is -0.455 e. The number of para-hydroxylation sites is 1. The summed E-state index contributed by atoms with van der Waals surface area (Å²) in [6.45, 7) is 6.92. The number of esters is 1. The fourth-order valence-electron chi connectivity index (χ4n) is 2.60. The Hall–Kier alpha value is -1.81. The minimum absolute atomic E-state index is 0.0202. The highest BCUT2D eigenvalue weighted by molar-refractivity contribution is 5.87. The predicted octanol–water partition coefficient (Wildman–Crippen LogP) is 4.80. The molecule has 25 heavy (non-hydrogen) atoms. The van der Waals surface area contributed by atoms with Gasteiger partial charge in [0.05, 0.1) is 12.2 Å². The molecule has 1 aromatic carbocycles. The Morgan fingerprint density at radius 3 is 2.44 bits per heavy atom. The molecule has 0 aliphatic carbocycles. The van der Waals surface area contributed by atoms with Crippen LogP contribution in [0.4, 0.5) is 0 Å². The van der Waals surface area contributed by atoms with Crippen molar-refractivity contribution in [3.05, 3.63) is 42.0 Å². The Kier molecular flexibility index (Phi) is 10.6. The summed E-state index contributed by atoms with van der Waals surface area (Å²) in [4.78, 5) is 11.6. The van der Waals surface area contributed by atoms with Gasteiger partial charge in [-0.3, -0.25) is 0 Å². The van der Waals surface area contributed by atoms with E-state index in [4.69, 9.17) is 14.6 Å². The van der Waals surface area contributed by atoms with Crippen LogP contribution in [0, 0.1) is 0 Å². The van der Waals surface area contributed by atoms with Crippen molar-refractivity contribution in [3.63, 3.8) is 0 Å². The lowest BCUT2D eigenvalue weighted by atomic mass is 10.0. The molecular formula is C21H32O4. The number of aliphatic hydroxyl groups is 1. The number of rotatable bonds is 13. The predicted molar refractivity (Wildman–Crippen MR) is 101 cm³/mol. The van der Waals surface area contributed by atoms with Gasteiger partial charge in [-0.05, 0) is 24.5 Å². The lowest BCUT2D eigenvalue weighted by molar-refractivity contribution is -0.156. The van der Waals surface area contributed by atoms with E-state index >= 15 is 0 Å². The Bertz CT molecular complexity index is 524. The van der Waals surface area contributed by atoms with Crippen molar-refractivity contribution in [2.45, 2.75) is 71.5 Å². The van der Waals surface area contributed by atoms with Crippen molar-refractivity contribution in [1.29, 1.82) is 0 Å². The van der Waals surface area contributed by atoms with Crippen LogP contribution in [0.5, 0.6) is 5.75 Å². The van der Waals surface area contributed by atoms with Gasteiger partial charge < -0.3 is 14.6 Å². The number of benzene rings is 1. The molecule has 1 N–H and O–H groups in total. The van der Waals surface area contributed by atoms with Crippen LogP contribution in [0.1, 0.15) is 64.4 Å². The highest BCUT2D eigenvalue weighted by Crippen LogP contribution is 2.22. The van der Waals surface area contributed by atoms with Gasteiger partial charge in [-0.1, -0.05) is 70.2 Å². The number of carbonyl (C=O) groups excluding carboxylic acids is 1. The van der Waals surface area contributed by atoms with Crippen LogP contribution in [0.2, 0.25) is 0 Å². The van der Waals surface area contributed by atoms with Crippen molar-refractivity contribution in [2.75, 3.05) is 6.61 Å². The quantitative estimate of drug-likeness (QED) is 0.241. The van der Waals surface area contributed by atoms with Crippen LogP contribution >= 0.6 is 0 Å². The molecule has 0 aromatic heterocycles. The van der Waals surface area contributed by atoms with E-state index in [0.717, 1.165) is 24.2 Å². The molecule has 0 aliphatic heterocycles. The van der Waals surface area contributed by atoms with E-state index < -0.39 is 18.9 Å². The first kappa shape index (κ1) is 21.2. The van der Waals surface area contributed by atoms with Gasteiger partial charge in [-0.2, -0.15) is 0 Å². The summed E-state index contributed by atoms with van der Waals surface area (Å²) in [5.41, 5.74) is 1.15. The fraction of sp³-hybridized carbons (Fsp3) is 0.571. The van der Waals surface area contributed by atoms with Gasteiger partial charge >= 0.3 is 5.97 Å². The van der Waals surface area contributed by atoms with Crippen LogP contribution in [0.15, 0.2) is 36.4 Å². The molecule has 1 aromatic rings. The highest BCUT2D eigenvalue weighted by atomic mass is 16.7. The summed E-state index contributed by atoms with van der Waals surface area (Å²) in [7, 11) is 0. The van der Waals surface area contributed by atoms with E-state index in [2.05, 4.69) is 13.5 Å². The largest absolute Gasteiger partial charge is 0.455 e. The SMILES string of the molecule is C=C(CO)C(=O)OC(C)Oc1ccccc1CCCCCCCCC. The molecule has 4 nitrogen and oxygen atoms in total. The third-order valence-corrected chi connectivity index (χ3v) is 4.07. The lowest BCUT2D eigenvalue weighted by Crippen LogP contribution is -2.23. The monoisotopic (exact) mass is 348 g/mol. The molecular weight excluding hydrogens is 316 g/mol.